The Kier molecular flexibility index (Phi) is 11.4. The molecule has 0 radical (unpaired) electrons. The van der Waals surface area contributed by atoms with Crippen LogP contribution in [0.1, 0.15) is 47.9 Å². The van der Waals surface area contributed by atoms with Crippen molar-refractivity contribution in [3.8, 4) is 28.0 Å². The minimum absolute atomic E-state index is 0.122. The van der Waals surface area contributed by atoms with Crippen LogP contribution in [0.3, 0.4) is 0 Å². The van der Waals surface area contributed by atoms with Gasteiger partial charge in [0.1, 0.15) is 11.8 Å². The number of amides is 1. The molecular weight excluding hydrogens is 673 g/mol. The Morgan fingerprint density at radius 3 is 2.50 bits per heavy atom. The number of hydrogen-bond donors (Lipinski definition) is 5. The number of aliphatic carboxylic acids is 1. The summed E-state index contributed by atoms with van der Waals surface area (Å²) in [4.78, 5) is 25.1. The molecule has 2 aliphatic rings. The second kappa shape index (κ2) is 16.1. The van der Waals surface area contributed by atoms with Crippen LogP contribution in [0.5, 0.6) is 5.75 Å². The molecule has 9 nitrogen and oxygen atoms in total. The maximum absolute atomic E-state index is 11.7. The number of methoxy groups -OCH3 is 1. The molecule has 1 amide bonds. The number of halogens is 2. The summed E-state index contributed by atoms with van der Waals surface area (Å²) in [6.07, 6.45) is 4.27. The van der Waals surface area contributed by atoms with Crippen LogP contribution >= 0.6 is 23.2 Å². The Hall–Kier alpha value is -4.41. The van der Waals surface area contributed by atoms with Crippen molar-refractivity contribution in [2.45, 2.75) is 57.4 Å². The van der Waals surface area contributed by atoms with E-state index in [4.69, 9.17) is 33.3 Å². The second-order valence-corrected chi connectivity index (χ2v) is 13.6. The summed E-state index contributed by atoms with van der Waals surface area (Å²) in [5, 5.41) is 29.0. The first-order valence-electron chi connectivity index (χ1n) is 16.8. The molecule has 2 fully saturated rings. The van der Waals surface area contributed by atoms with Gasteiger partial charge in [0, 0.05) is 77.8 Å². The van der Waals surface area contributed by atoms with Gasteiger partial charge in [-0.05, 0) is 66.3 Å². The number of carboxylic acids is 1. The number of anilines is 1. The fourth-order valence-electron chi connectivity index (χ4n) is 6.89. The van der Waals surface area contributed by atoms with Gasteiger partial charge in [0.05, 0.1) is 12.1 Å². The van der Waals surface area contributed by atoms with E-state index in [1.165, 1.54) is 6.21 Å². The van der Waals surface area contributed by atoms with Crippen molar-refractivity contribution >= 4 is 47.0 Å². The van der Waals surface area contributed by atoms with E-state index in [0.29, 0.717) is 60.4 Å². The van der Waals surface area contributed by atoms with Crippen LogP contribution in [0, 0.1) is 5.41 Å². The Balaban J connectivity index is 1.17. The third-order valence-electron chi connectivity index (χ3n) is 9.55. The van der Waals surface area contributed by atoms with Crippen molar-refractivity contribution in [2.75, 3.05) is 25.5 Å². The fourth-order valence-corrected chi connectivity index (χ4v) is 7.48. The first kappa shape index (κ1) is 35.4. The summed E-state index contributed by atoms with van der Waals surface area (Å²) in [5.74, 6) is -0.0378. The number of nitrogens with one attached hydrogen (secondary N) is 4. The normalized spacial score (nSPS) is 17.5. The predicted molar refractivity (Wildman–Crippen MR) is 199 cm³/mol. The van der Waals surface area contributed by atoms with Gasteiger partial charge in [-0.15, -0.1) is 0 Å². The highest BCUT2D eigenvalue weighted by Gasteiger charge is 2.31. The number of ether oxygens (including phenoxy) is 1. The van der Waals surface area contributed by atoms with Crippen molar-refractivity contribution in [1.29, 1.82) is 5.41 Å². The Labute approximate surface area is 302 Å². The van der Waals surface area contributed by atoms with Gasteiger partial charge < -0.3 is 31.2 Å². The van der Waals surface area contributed by atoms with E-state index in [-0.39, 0.29) is 11.9 Å². The van der Waals surface area contributed by atoms with Gasteiger partial charge in [-0.25, -0.2) is 0 Å². The molecule has 0 saturated carbocycles. The van der Waals surface area contributed by atoms with Gasteiger partial charge in [0.15, 0.2) is 0 Å². The zero-order chi connectivity index (χ0) is 35.2. The fraction of sp³-hybridized carbons (Fsp3) is 0.308. The Morgan fingerprint density at radius 2 is 1.78 bits per heavy atom. The molecule has 50 heavy (non-hydrogen) atoms. The van der Waals surface area contributed by atoms with E-state index in [2.05, 4.69) is 40.2 Å². The maximum atomic E-state index is 11.7. The molecule has 260 valence electrons. The average molecular weight is 715 g/mol. The van der Waals surface area contributed by atoms with Crippen LogP contribution in [-0.2, 0) is 29.2 Å². The topological polar surface area (TPSA) is 127 Å². The van der Waals surface area contributed by atoms with E-state index in [9.17, 15) is 14.7 Å². The van der Waals surface area contributed by atoms with Gasteiger partial charge in [-0.3, -0.25) is 14.5 Å². The van der Waals surface area contributed by atoms with Gasteiger partial charge in [-0.2, -0.15) is 0 Å². The number of likely N-dealkylation sites (tertiary alicyclic amines) is 1. The monoisotopic (exact) mass is 713 g/mol. The number of carbonyl (C=O) groups is 2. The zero-order valence-corrected chi connectivity index (χ0v) is 29.4. The molecule has 11 heteroatoms. The Morgan fingerprint density at radius 1 is 1.02 bits per heavy atom. The molecule has 0 bridgehead atoms. The highest BCUT2D eigenvalue weighted by Crippen LogP contribution is 2.39. The standard InChI is InChI=1S/C39H41Cl2N5O4/c1-50-36-18-26(33(40)17-27(36)23-46-16-4-9-35(46)39(48)49)21-44-34-8-3-6-30(32(34)19-42)31-7-2-5-29(38(31)41)25-12-10-24(11-13-25)20-43-22-28-14-15-37(47)45-28/h2-3,5-8,10-13,17-19,28,35,42-44H,4,9,14-16,20-23H2,1H3,(H,45,47)(H,48,49). The molecular formula is C39H41Cl2N5O4. The van der Waals surface area contributed by atoms with E-state index in [1.54, 1.807) is 7.11 Å². The van der Waals surface area contributed by atoms with Crippen LogP contribution in [-0.4, -0.2) is 60.4 Å². The van der Waals surface area contributed by atoms with Crippen LogP contribution < -0.4 is 20.7 Å². The van der Waals surface area contributed by atoms with Gasteiger partial charge in [0.2, 0.25) is 5.91 Å². The lowest BCUT2D eigenvalue weighted by Gasteiger charge is -2.23. The van der Waals surface area contributed by atoms with E-state index in [1.807, 2.05) is 53.4 Å². The van der Waals surface area contributed by atoms with Crippen molar-refractivity contribution in [1.82, 2.24) is 15.5 Å². The zero-order valence-electron chi connectivity index (χ0n) is 27.9. The van der Waals surface area contributed by atoms with Crippen LogP contribution in [0.25, 0.3) is 22.3 Å². The summed E-state index contributed by atoms with van der Waals surface area (Å²) in [6.45, 7) is 2.98. The largest absolute Gasteiger partial charge is 0.496 e. The highest BCUT2D eigenvalue weighted by molar-refractivity contribution is 6.36. The predicted octanol–water partition coefficient (Wildman–Crippen LogP) is 7.36. The maximum Gasteiger partial charge on any atom is 0.320 e. The van der Waals surface area contributed by atoms with Crippen LogP contribution in [0.2, 0.25) is 10.0 Å². The second-order valence-electron chi connectivity index (χ2n) is 12.8. The molecule has 2 atom stereocenters. The van der Waals surface area contributed by atoms with E-state index < -0.39 is 12.0 Å². The smallest absolute Gasteiger partial charge is 0.320 e. The highest BCUT2D eigenvalue weighted by atomic mass is 35.5. The molecule has 2 unspecified atom stereocenters. The lowest BCUT2D eigenvalue weighted by atomic mass is 9.94. The summed E-state index contributed by atoms with van der Waals surface area (Å²) in [5.41, 5.74) is 7.78. The van der Waals surface area contributed by atoms with Crippen LogP contribution in [0.4, 0.5) is 5.69 Å². The molecule has 4 aromatic carbocycles. The number of carbonyl (C=O) groups excluding carboxylic acids is 1. The third kappa shape index (κ3) is 7.97. The molecule has 2 heterocycles. The lowest BCUT2D eigenvalue weighted by molar-refractivity contribution is -0.142. The summed E-state index contributed by atoms with van der Waals surface area (Å²) in [7, 11) is 1.60. The number of rotatable bonds is 14. The first-order chi connectivity index (χ1) is 24.2. The quantitative estimate of drug-likeness (QED) is 0.0865. The summed E-state index contributed by atoms with van der Waals surface area (Å²) < 4.78 is 5.70. The van der Waals surface area contributed by atoms with Crippen molar-refractivity contribution in [2.24, 2.45) is 0 Å². The minimum atomic E-state index is -0.808. The molecule has 4 aromatic rings. The third-order valence-corrected chi connectivity index (χ3v) is 10.3. The number of benzene rings is 4. The molecule has 2 saturated heterocycles. The minimum Gasteiger partial charge on any atom is -0.496 e. The van der Waals surface area contributed by atoms with E-state index in [0.717, 1.165) is 64.0 Å². The van der Waals surface area contributed by atoms with Crippen molar-refractivity contribution < 1.29 is 19.4 Å². The molecule has 0 spiro atoms. The van der Waals surface area contributed by atoms with E-state index >= 15 is 0 Å². The van der Waals surface area contributed by atoms with Gasteiger partial charge in [0.25, 0.3) is 0 Å². The van der Waals surface area contributed by atoms with Gasteiger partial charge >= 0.3 is 5.97 Å². The molecule has 0 aliphatic carbocycles. The average Bonchev–Trinajstić information content (AvgIpc) is 3.77. The first-order valence-corrected chi connectivity index (χ1v) is 17.6. The summed E-state index contributed by atoms with van der Waals surface area (Å²) in [6, 6.07) is 23.5. The van der Waals surface area contributed by atoms with Crippen molar-refractivity contribution in [3.63, 3.8) is 0 Å². The van der Waals surface area contributed by atoms with Gasteiger partial charge in [-0.1, -0.05) is 77.8 Å². The number of hydrogen-bond acceptors (Lipinski definition) is 7. The summed E-state index contributed by atoms with van der Waals surface area (Å²) >= 11 is 13.8. The van der Waals surface area contributed by atoms with Crippen LogP contribution in [0.15, 0.2) is 72.8 Å². The molecule has 2 aliphatic heterocycles. The SMILES string of the molecule is COc1cc(CNc2cccc(-c3cccc(-c4ccc(CNCC5CCC(=O)N5)cc4)c3Cl)c2C=N)c(Cl)cc1CN1CCCC1C(=O)O. The number of carboxylic acid groups (broad SMARTS) is 1. The molecule has 6 rings (SSSR count). The van der Waals surface area contributed by atoms with Crippen molar-refractivity contribution in [3.05, 3.63) is 105 Å². The number of nitrogens with zero attached hydrogens (tertiary/aromatic N) is 1. The molecule has 0 aromatic heterocycles. The lowest BCUT2D eigenvalue weighted by Crippen LogP contribution is -2.35. The molecule has 5 N–H and O–H groups in total. The Bertz CT molecular complexity index is 1880.